The van der Waals surface area contributed by atoms with Gasteiger partial charge in [0.25, 0.3) is 0 Å². The van der Waals surface area contributed by atoms with Crippen LogP contribution in [-0.2, 0) is 6.42 Å². The Bertz CT molecular complexity index is 890. The van der Waals surface area contributed by atoms with Gasteiger partial charge in [-0.3, -0.25) is 4.40 Å². The van der Waals surface area contributed by atoms with Crippen LogP contribution < -0.4 is 10.6 Å². The summed E-state index contributed by atoms with van der Waals surface area (Å²) in [6.45, 7) is 4.49. The first kappa shape index (κ1) is 16.9. The zero-order valence-electron chi connectivity index (χ0n) is 14.2. The lowest BCUT2D eigenvalue weighted by Crippen LogP contribution is -2.30. The van der Waals surface area contributed by atoms with Crippen LogP contribution in [0.25, 0.3) is 5.65 Å². The van der Waals surface area contributed by atoms with Gasteiger partial charge in [-0.25, -0.2) is 9.18 Å². The number of urea groups is 1. The predicted octanol–water partition coefficient (Wildman–Crippen LogP) is 3.36. The number of fused-ring (bicyclic) bond motifs is 1. The average molecular weight is 341 g/mol. The summed E-state index contributed by atoms with van der Waals surface area (Å²) in [6.07, 6.45) is 2.37. The van der Waals surface area contributed by atoms with Crippen LogP contribution in [0.4, 0.5) is 14.9 Å². The highest BCUT2D eigenvalue weighted by Crippen LogP contribution is 2.16. The molecule has 0 saturated carbocycles. The van der Waals surface area contributed by atoms with E-state index in [1.54, 1.807) is 24.4 Å². The predicted molar refractivity (Wildman–Crippen MR) is 94.2 cm³/mol. The molecule has 0 unspecified atom stereocenters. The molecule has 3 rings (SSSR count). The fourth-order valence-corrected chi connectivity index (χ4v) is 2.56. The molecule has 0 bridgehead atoms. The van der Waals surface area contributed by atoms with E-state index in [1.807, 2.05) is 24.3 Å². The molecule has 2 heterocycles. The smallest absolute Gasteiger partial charge is 0.319 e. The summed E-state index contributed by atoms with van der Waals surface area (Å²) in [7, 11) is 0. The molecule has 6 nitrogen and oxygen atoms in total. The molecule has 0 aliphatic rings. The van der Waals surface area contributed by atoms with Crippen LogP contribution in [-0.4, -0.2) is 27.2 Å². The fraction of sp³-hybridized carbons (Fsp3) is 0.278. The lowest BCUT2D eigenvalue weighted by Gasteiger charge is -2.09. The van der Waals surface area contributed by atoms with Crippen molar-refractivity contribution in [3.05, 3.63) is 59.8 Å². The zero-order chi connectivity index (χ0) is 17.8. The minimum atomic E-state index is -0.310. The Hall–Kier alpha value is -2.96. The number of nitrogens with one attached hydrogen (secondary N) is 2. The van der Waals surface area contributed by atoms with Crippen molar-refractivity contribution in [2.75, 3.05) is 11.9 Å². The minimum Gasteiger partial charge on any atom is -0.338 e. The van der Waals surface area contributed by atoms with Crippen molar-refractivity contribution in [3.63, 3.8) is 0 Å². The number of benzene rings is 1. The molecule has 0 radical (unpaired) electrons. The molecule has 0 atom stereocenters. The van der Waals surface area contributed by atoms with Crippen molar-refractivity contribution >= 4 is 17.4 Å². The number of pyridine rings is 1. The summed E-state index contributed by atoms with van der Waals surface area (Å²) in [4.78, 5) is 12.0. The number of carbonyl (C=O) groups excluding carboxylic acids is 1. The molecule has 25 heavy (non-hydrogen) atoms. The Morgan fingerprint density at radius 1 is 1.24 bits per heavy atom. The van der Waals surface area contributed by atoms with Gasteiger partial charge in [-0.1, -0.05) is 26.0 Å². The monoisotopic (exact) mass is 341 g/mol. The number of amides is 2. The van der Waals surface area contributed by atoms with Gasteiger partial charge >= 0.3 is 6.03 Å². The number of nitrogens with zero attached hydrogens (tertiary/aromatic N) is 3. The highest BCUT2D eigenvalue weighted by atomic mass is 19.1. The second kappa shape index (κ2) is 7.29. The molecule has 2 amide bonds. The Morgan fingerprint density at radius 2 is 2.08 bits per heavy atom. The Balaban J connectivity index is 1.59. The largest absolute Gasteiger partial charge is 0.338 e. The molecule has 0 aliphatic heterocycles. The van der Waals surface area contributed by atoms with Crippen molar-refractivity contribution in [1.82, 2.24) is 19.9 Å². The van der Waals surface area contributed by atoms with Gasteiger partial charge in [0.2, 0.25) is 0 Å². The van der Waals surface area contributed by atoms with Gasteiger partial charge < -0.3 is 10.6 Å². The maximum atomic E-state index is 13.1. The van der Waals surface area contributed by atoms with E-state index in [1.165, 1.54) is 12.1 Å². The van der Waals surface area contributed by atoms with Crippen molar-refractivity contribution in [2.24, 2.45) is 0 Å². The van der Waals surface area contributed by atoms with Gasteiger partial charge in [0, 0.05) is 18.7 Å². The van der Waals surface area contributed by atoms with Gasteiger partial charge in [-0.15, -0.1) is 10.2 Å². The molecular weight excluding hydrogens is 321 g/mol. The van der Waals surface area contributed by atoms with E-state index in [0.29, 0.717) is 18.7 Å². The molecule has 0 spiro atoms. The third-order valence-electron chi connectivity index (χ3n) is 3.79. The highest BCUT2D eigenvalue weighted by molar-refractivity contribution is 5.89. The minimum absolute atomic E-state index is 0.227. The van der Waals surface area contributed by atoms with Crippen LogP contribution >= 0.6 is 0 Å². The number of anilines is 1. The second-order valence-corrected chi connectivity index (χ2v) is 6.12. The van der Waals surface area contributed by atoms with E-state index >= 15 is 0 Å². The summed E-state index contributed by atoms with van der Waals surface area (Å²) >= 11 is 0. The molecule has 1 aromatic carbocycles. The Kier molecular flexibility index (Phi) is 4.92. The van der Waals surface area contributed by atoms with Gasteiger partial charge in [0.15, 0.2) is 5.65 Å². The second-order valence-electron chi connectivity index (χ2n) is 6.12. The van der Waals surface area contributed by atoms with E-state index < -0.39 is 0 Å². The normalized spacial score (nSPS) is 11.0. The first-order valence-corrected chi connectivity index (χ1v) is 8.17. The first-order chi connectivity index (χ1) is 12.0. The van der Waals surface area contributed by atoms with E-state index in [4.69, 9.17) is 0 Å². The van der Waals surface area contributed by atoms with Crippen molar-refractivity contribution in [2.45, 2.75) is 26.2 Å². The van der Waals surface area contributed by atoms with Crippen molar-refractivity contribution in [3.8, 4) is 0 Å². The molecule has 0 aliphatic carbocycles. The van der Waals surface area contributed by atoms with Crippen LogP contribution in [0, 0.1) is 5.82 Å². The van der Waals surface area contributed by atoms with E-state index in [2.05, 4.69) is 20.8 Å². The standard InChI is InChI=1S/C18H20FN5O/c1-12(2)17-23-22-16-7-6-15(11-24(16)17)21-18(25)20-9-8-13-4-3-5-14(19)10-13/h3-7,10-12H,8-9H2,1-2H3,(H2,20,21,25). The molecule has 130 valence electrons. The number of carbonyl (C=O) groups is 1. The van der Waals surface area contributed by atoms with E-state index in [9.17, 15) is 9.18 Å². The third kappa shape index (κ3) is 4.12. The van der Waals surface area contributed by atoms with Crippen LogP contribution in [0.15, 0.2) is 42.6 Å². The summed E-state index contributed by atoms with van der Waals surface area (Å²) in [6, 6.07) is 9.63. The maximum Gasteiger partial charge on any atom is 0.319 e. The quantitative estimate of drug-likeness (QED) is 0.747. The lowest BCUT2D eigenvalue weighted by atomic mass is 10.1. The molecule has 0 fully saturated rings. The number of halogens is 1. The number of rotatable bonds is 5. The molecule has 7 heteroatoms. The topological polar surface area (TPSA) is 71.3 Å². The maximum absolute atomic E-state index is 13.1. The molecule has 2 aromatic heterocycles. The van der Waals surface area contributed by atoms with E-state index in [0.717, 1.165) is 17.0 Å². The van der Waals surface area contributed by atoms with Gasteiger partial charge in [0.05, 0.1) is 5.69 Å². The molecular formula is C18H20FN5O. The van der Waals surface area contributed by atoms with Crippen molar-refractivity contribution in [1.29, 1.82) is 0 Å². The first-order valence-electron chi connectivity index (χ1n) is 8.17. The average Bonchev–Trinajstić information content (AvgIpc) is 2.98. The van der Waals surface area contributed by atoms with Crippen LogP contribution in [0.3, 0.4) is 0 Å². The SMILES string of the molecule is CC(C)c1nnc2ccc(NC(=O)NCCc3cccc(F)c3)cn12. The Labute approximate surface area is 145 Å². The van der Waals surface area contributed by atoms with Crippen LogP contribution in [0.1, 0.15) is 31.2 Å². The summed E-state index contributed by atoms with van der Waals surface area (Å²) in [5.74, 6) is 0.792. The number of hydrogen-bond acceptors (Lipinski definition) is 3. The number of aromatic nitrogens is 3. The highest BCUT2D eigenvalue weighted by Gasteiger charge is 2.10. The number of hydrogen-bond donors (Lipinski definition) is 2. The van der Waals surface area contributed by atoms with E-state index in [-0.39, 0.29) is 17.8 Å². The fourth-order valence-electron chi connectivity index (χ4n) is 2.56. The zero-order valence-corrected chi connectivity index (χ0v) is 14.2. The van der Waals surface area contributed by atoms with Crippen molar-refractivity contribution < 1.29 is 9.18 Å². The van der Waals surface area contributed by atoms with Crippen LogP contribution in [0.5, 0.6) is 0 Å². The third-order valence-corrected chi connectivity index (χ3v) is 3.79. The molecule has 3 aromatic rings. The lowest BCUT2D eigenvalue weighted by molar-refractivity contribution is 0.252. The van der Waals surface area contributed by atoms with Crippen LogP contribution in [0.2, 0.25) is 0 Å². The van der Waals surface area contributed by atoms with Gasteiger partial charge in [-0.05, 0) is 36.2 Å². The summed E-state index contributed by atoms with van der Waals surface area (Å²) in [5, 5.41) is 13.8. The van der Waals surface area contributed by atoms with Gasteiger partial charge in [0.1, 0.15) is 11.6 Å². The summed E-state index contributed by atoms with van der Waals surface area (Å²) < 4.78 is 15.0. The van der Waals surface area contributed by atoms with Gasteiger partial charge in [-0.2, -0.15) is 0 Å². The summed E-state index contributed by atoms with van der Waals surface area (Å²) in [5.41, 5.74) is 2.23. The molecule has 0 saturated heterocycles. The molecule has 2 N–H and O–H groups in total. The Morgan fingerprint density at radius 3 is 2.84 bits per heavy atom.